The quantitative estimate of drug-likeness (QED) is 0.902. The molecule has 0 aliphatic heterocycles. The van der Waals surface area contributed by atoms with Gasteiger partial charge in [-0.15, -0.1) is 0 Å². The average molecular weight is 297 g/mol. The van der Waals surface area contributed by atoms with Crippen molar-refractivity contribution in [2.45, 2.75) is 25.1 Å². The molecular formula is C11H14F3NO3S. The Morgan fingerprint density at radius 1 is 1.37 bits per heavy atom. The van der Waals surface area contributed by atoms with Crippen molar-refractivity contribution in [3.63, 3.8) is 0 Å². The summed E-state index contributed by atoms with van der Waals surface area (Å²) in [4.78, 5) is 3.54. The Hall–Kier alpha value is -1.15. The van der Waals surface area contributed by atoms with Crippen molar-refractivity contribution in [1.82, 2.24) is 4.98 Å². The number of aliphatic hydroxyl groups excluding tert-OH is 1. The number of hydrogen-bond donors (Lipinski definition) is 1. The Bertz CT molecular complexity index is 511. The molecule has 0 radical (unpaired) electrons. The fourth-order valence-corrected chi connectivity index (χ4v) is 2.15. The first-order valence-electron chi connectivity index (χ1n) is 5.48. The number of hydrogen-bond acceptors (Lipinski definition) is 4. The van der Waals surface area contributed by atoms with E-state index < -0.39 is 27.7 Å². The highest BCUT2D eigenvalue weighted by Crippen LogP contribution is 2.29. The maximum Gasteiger partial charge on any atom is 0.417 e. The van der Waals surface area contributed by atoms with Crippen LogP contribution in [0.5, 0.6) is 0 Å². The molecule has 8 heteroatoms. The van der Waals surface area contributed by atoms with Gasteiger partial charge in [0.05, 0.1) is 17.4 Å². The molecule has 0 aliphatic rings. The number of pyridine rings is 1. The zero-order valence-electron chi connectivity index (χ0n) is 10.2. The van der Waals surface area contributed by atoms with Gasteiger partial charge in [-0.25, -0.2) is 8.42 Å². The Balaban J connectivity index is 2.61. The average Bonchev–Trinajstić information content (AvgIpc) is 2.26. The SMILES string of the molecule is CS(=O)(=O)CCCC(O)c1ccc(C(F)(F)F)cn1. The topological polar surface area (TPSA) is 67.3 Å². The van der Waals surface area contributed by atoms with E-state index in [0.29, 0.717) is 6.20 Å². The molecule has 0 saturated carbocycles. The number of aromatic nitrogens is 1. The normalized spacial score (nSPS) is 14.4. The van der Waals surface area contributed by atoms with Gasteiger partial charge in [-0.2, -0.15) is 13.2 Å². The molecule has 1 unspecified atom stereocenters. The van der Waals surface area contributed by atoms with Crippen molar-refractivity contribution in [3.8, 4) is 0 Å². The largest absolute Gasteiger partial charge is 0.417 e. The Morgan fingerprint density at radius 3 is 2.42 bits per heavy atom. The van der Waals surface area contributed by atoms with Crippen molar-refractivity contribution < 1.29 is 26.7 Å². The first-order chi connectivity index (χ1) is 8.59. The maximum absolute atomic E-state index is 12.3. The summed E-state index contributed by atoms with van der Waals surface area (Å²) >= 11 is 0. The highest BCUT2D eigenvalue weighted by atomic mass is 32.2. The Kier molecular flexibility index (Phi) is 4.92. The summed E-state index contributed by atoms with van der Waals surface area (Å²) in [7, 11) is -3.11. The van der Waals surface area contributed by atoms with Gasteiger partial charge in [0.1, 0.15) is 9.84 Å². The van der Waals surface area contributed by atoms with Crippen molar-refractivity contribution in [3.05, 3.63) is 29.6 Å². The lowest BCUT2D eigenvalue weighted by molar-refractivity contribution is -0.137. The van der Waals surface area contributed by atoms with Crippen LogP contribution in [0.15, 0.2) is 18.3 Å². The smallest absolute Gasteiger partial charge is 0.387 e. The van der Waals surface area contributed by atoms with Gasteiger partial charge < -0.3 is 5.11 Å². The second-order valence-electron chi connectivity index (χ2n) is 4.26. The van der Waals surface area contributed by atoms with Crippen molar-refractivity contribution >= 4 is 9.84 Å². The van der Waals surface area contributed by atoms with E-state index in [2.05, 4.69) is 4.98 Å². The predicted molar refractivity (Wildman–Crippen MR) is 63.1 cm³/mol. The second-order valence-corrected chi connectivity index (χ2v) is 6.52. The monoisotopic (exact) mass is 297 g/mol. The van der Waals surface area contributed by atoms with Crippen LogP contribution in [0, 0.1) is 0 Å². The number of alkyl halides is 3. The van der Waals surface area contributed by atoms with Gasteiger partial charge in [0, 0.05) is 18.2 Å². The molecule has 0 bridgehead atoms. The molecule has 1 aromatic heterocycles. The summed E-state index contributed by atoms with van der Waals surface area (Å²) in [5.74, 6) is -0.0787. The van der Waals surface area contributed by atoms with E-state index in [0.717, 1.165) is 18.4 Å². The van der Waals surface area contributed by atoms with Crippen molar-refractivity contribution in [2.24, 2.45) is 0 Å². The van der Waals surface area contributed by atoms with Crippen LogP contribution in [0.3, 0.4) is 0 Å². The minimum Gasteiger partial charge on any atom is -0.387 e. The molecule has 108 valence electrons. The maximum atomic E-state index is 12.3. The van der Waals surface area contributed by atoms with Gasteiger partial charge in [0.15, 0.2) is 0 Å². The fraction of sp³-hybridized carbons (Fsp3) is 0.545. The van der Waals surface area contributed by atoms with Gasteiger partial charge in [0.2, 0.25) is 0 Å². The third kappa shape index (κ3) is 5.56. The third-order valence-corrected chi connectivity index (χ3v) is 3.48. The molecule has 1 N–H and O–H groups in total. The highest BCUT2D eigenvalue weighted by Gasteiger charge is 2.30. The van der Waals surface area contributed by atoms with Gasteiger partial charge >= 0.3 is 6.18 Å². The number of sulfone groups is 1. The highest BCUT2D eigenvalue weighted by molar-refractivity contribution is 7.90. The lowest BCUT2D eigenvalue weighted by atomic mass is 10.1. The molecule has 1 aromatic rings. The predicted octanol–water partition coefficient (Wildman–Crippen LogP) is 1.96. The number of nitrogens with zero attached hydrogens (tertiary/aromatic N) is 1. The van der Waals surface area contributed by atoms with Gasteiger partial charge in [-0.3, -0.25) is 4.98 Å². The van der Waals surface area contributed by atoms with Crippen LogP contribution in [-0.4, -0.2) is 30.5 Å². The standard InChI is InChI=1S/C11H14F3NO3S/c1-19(17,18)6-2-3-10(16)9-5-4-8(7-15-9)11(12,13)14/h4-5,7,10,16H,2-3,6H2,1H3. The zero-order chi connectivity index (χ0) is 14.7. The van der Waals surface area contributed by atoms with Crippen LogP contribution < -0.4 is 0 Å². The van der Waals surface area contributed by atoms with E-state index in [9.17, 15) is 26.7 Å². The molecule has 0 amide bonds. The fourth-order valence-electron chi connectivity index (χ4n) is 1.46. The molecule has 1 atom stereocenters. The van der Waals surface area contributed by atoms with E-state index in [1.807, 2.05) is 0 Å². The molecule has 1 heterocycles. The van der Waals surface area contributed by atoms with Crippen LogP contribution in [-0.2, 0) is 16.0 Å². The van der Waals surface area contributed by atoms with Crippen LogP contribution in [0.1, 0.15) is 30.2 Å². The summed E-state index contributed by atoms with van der Waals surface area (Å²) in [6, 6.07) is 1.93. The van der Waals surface area contributed by atoms with Crippen molar-refractivity contribution in [1.29, 1.82) is 0 Å². The van der Waals surface area contributed by atoms with E-state index in [-0.39, 0.29) is 24.3 Å². The first-order valence-corrected chi connectivity index (χ1v) is 7.54. The van der Waals surface area contributed by atoms with Crippen molar-refractivity contribution in [2.75, 3.05) is 12.0 Å². The number of aliphatic hydroxyl groups is 1. The summed E-state index contributed by atoms with van der Waals surface area (Å²) in [5.41, 5.74) is -0.791. The van der Waals surface area contributed by atoms with E-state index >= 15 is 0 Å². The molecule has 0 fully saturated rings. The van der Waals surface area contributed by atoms with Crippen LogP contribution in [0.2, 0.25) is 0 Å². The molecule has 0 spiro atoms. The van der Waals surface area contributed by atoms with Crippen LogP contribution in [0.4, 0.5) is 13.2 Å². The van der Waals surface area contributed by atoms with Gasteiger partial charge in [-0.1, -0.05) is 0 Å². The van der Waals surface area contributed by atoms with Gasteiger partial charge in [-0.05, 0) is 25.0 Å². The zero-order valence-corrected chi connectivity index (χ0v) is 11.0. The minimum absolute atomic E-state index is 0.0787. The molecule has 19 heavy (non-hydrogen) atoms. The molecule has 1 rings (SSSR count). The summed E-state index contributed by atoms with van der Waals surface area (Å²) in [5, 5.41) is 9.67. The van der Waals surface area contributed by atoms with E-state index in [1.165, 1.54) is 0 Å². The first kappa shape index (κ1) is 15.9. The molecule has 0 aromatic carbocycles. The van der Waals surface area contributed by atoms with Crippen LogP contribution in [0.25, 0.3) is 0 Å². The lowest BCUT2D eigenvalue weighted by Gasteiger charge is -2.11. The molecule has 4 nitrogen and oxygen atoms in total. The molecular weight excluding hydrogens is 283 g/mol. The Morgan fingerprint density at radius 2 is 2.00 bits per heavy atom. The number of halogens is 3. The summed E-state index contributed by atoms with van der Waals surface area (Å²) in [6.45, 7) is 0. The second kappa shape index (κ2) is 5.87. The molecule has 0 saturated heterocycles. The van der Waals surface area contributed by atoms with Gasteiger partial charge in [0.25, 0.3) is 0 Å². The van der Waals surface area contributed by atoms with E-state index in [4.69, 9.17) is 0 Å². The third-order valence-electron chi connectivity index (χ3n) is 2.45. The van der Waals surface area contributed by atoms with Crippen LogP contribution >= 0.6 is 0 Å². The lowest BCUT2D eigenvalue weighted by Crippen LogP contribution is -2.09. The summed E-state index contributed by atoms with van der Waals surface area (Å²) < 4.78 is 58.6. The Labute approximate surface area is 109 Å². The molecule has 0 aliphatic carbocycles. The van der Waals surface area contributed by atoms with E-state index in [1.54, 1.807) is 0 Å². The minimum atomic E-state index is -4.47. The summed E-state index contributed by atoms with van der Waals surface area (Å²) in [6.07, 6.45) is -3.45. The number of rotatable bonds is 5.